The zero-order chi connectivity index (χ0) is 33.2. The Morgan fingerprint density at radius 3 is 1.28 bits per heavy atom. The predicted octanol–water partition coefficient (Wildman–Crippen LogP) is 3.42. The first-order chi connectivity index (χ1) is 22.7. The molecule has 4 amide bonds. The van der Waals surface area contributed by atoms with Gasteiger partial charge in [-0.05, 0) is 64.6 Å². The molecule has 0 spiro atoms. The van der Waals surface area contributed by atoms with E-state index >= 15 is 0 Å². The van der Waals surface area contributed by atoms with Crippen molar-refractivity contribution in [2.45, 2.75) is 0 Å². The first-order valence-electron chi connectivity index (χ1n) is 16.0. The van der Waals surface area contributed by atoms with Gasteiger partial charge in [0.1, 0.15) is 0 Å². The van der Waals surface area contributed by atoms with Crippen molar-refractivity contribution < 1.29 is 19.2 Å². The standard InChI is InChI=1S/C36H41N7O4/c1-40(2)19-17-38-29-13-11-27-31-23(29)7-5-9-25(31)33(44)42(35(27)46)21-15-37-16-22-43-34(45)26-10-6-8-24-30(39-18-20-41(3)4)14-12-28(32(24)26)36(43)47/h5-14,37-39H,15-22H2,1-4H3. The number of hydrogen-bond acceptors (Lipinski definition) is 9. The Morgan fingerprint density at radius 1 is 0.511 bits per heavy atom. The van der Waals surface area contributed by atoms with E-state index in [0.717, 1.165) is 48.3 Å². The molecule has 244 valence electrons. The van der Waals surface area contributed by atoms with E-state index in [1.54, 1.807) is 24.3 Å². The zero-order valence-electron chi connectivity index (χ0n) is 27.4. The third kappa shape index (κ3) is 6.17. The molecule has 2 heterocycles. The second-order valence-electron chi connectivity index (χ2n) is 12.5. The molecule has 2 aliphatic rings. The highest BCUT2D eigenvalue weighted by Gasteiger charge is 2.34. The monoisotopic (exact) mass is 635 g/mol. The van der Waals surface area contributed by atoms with Crippen LogP contribution < -0.4 is 16.0 Å². The minimum atomic E-state index is -0.331. The van der Waals surface area contributed by atoms with Gasteiger partial charge in [0.15, 0.2) is 0 Å². The summed E-state index contributed by atoms with van der Waals surface area (Å²) >= 11 is 0. The van der Waals surface area contributed by atoms with Crippen LogP contribution in [0.15, 0.2) is 60.7 Å². The van der Waals surface area contributed by atoms with E-state index in [1.165, 1.54) is 9.80 Å². The average Bonchev–Trinajstić information content (AvgIpc) is 3.05. The molecule has 4 aromatic carbocycles. The fourth-order valence-electron chi connectivity index (χ4n) is 6.34. The second kappa shape index (κ2) is 13.5. The maximum Gasteiger partial charge on any atom is 0.261 e. The molecule has 0 bridgehead atoms. The molecule has 11 heteroatoms. The van der Waals surface area contributed by atoms with E-state index in [9.17, 15) is 19.2 Å². The fourth-order valence-corrected chi connectivity index (χ4v) is 6.34. The van der Waals surface area contributed by atoms with Crippen molar-refractivity contribution in [3.05, 3.63) is 82.9 Å². The summed E-state index contributed by atoms with van der Waals surface area (Å²) in [7, 11) is 8.03. The van der Waals surface area contributed by atoms with Crippen molar-refractivity contribution in [1.29, 1.82) is 0 Å². The summed E-state index contributed by atoms with van der Waals surface area (Å²) in [5, 5.41) is 13.1. The number of nitrogens with one attached hydrogen (secondary N) is 3. The SMILES string of the molecule is CN(C)CCNc1ccc2c3c(cccc13)C(=O)N(CCNCCN1C(=O)c3cccc4c(NCCN(C)C)ccc(c34)C1=O)C2=O. The summed E-state index contributed by atoms with van der Waals surface area (Å²) < 4.78 is 0. The molecule has 0 radical (unpaired) electrons. The van der Waals surface area contributed by atoms with Gasteiger partial charge in [-0.2, -0.15) is 0 Å². The molecule has 6 rings (SSSR count). The van der Waals surface area contributed by atoms with E-state index in [0.29, 0.717) is 46.1 Å². The van der Waals surface area contributed by atoms with Gasteiger partial charge in [-0.25, -0.2) is 0 Å². The van der Waals surface area contributed by atoms with Crippen LogP contribution in [-0.4, -0.2) is 124 Å². The van der Waals surface area contributed by atoms with Crippen LogP contribution in [0.2, 0.25) is 0 Å². The molecule has 11 nitrogen and oxygen atoms in total. The van der Waals surface area contributed by atoms with Crippen LogP contribution in [0.5, 0.6) is 0 Å². The largest absolute Gasteiger partial charge is 0.383 e. The van der Waals surface area contributed by atoms with Crippen molar-refractivity contribution in [2.75, 3.05) is 91.2 Å². The lowest BCUT2D eigenvalue weighted by Crippen LogP contribution is -2.46. The summed E-state index contributed by atoms with van der Waals surface area (Å²) in [6, 6.07) is 18.4. The average molecular weight is 636 g/mol. The van der Waals surface area contributed by atoms with Crippen molar-refractivity contribution >= 4 is 56.5 Å². The molecule has 0 aromatic heterocycles. The number of imide groups is 2. The third-order valence-corrected chi connectivity index (χ3v) is 8.76. The molecule has 4 aromatic rings. The molecule has 0 atom stereocenters. The van der Waals surface area contributed by atoms with E-state index in [4.69, 9.17) is 0 Å². The minimum Gasteiger partial charge on any atom is -0.383 e. The number of hydrogen-bond donors (Lipinski definition) is 3. The van der Waals surface area contributed by atoms with Gasteiger partial charge in [0.2, 0.25) is 0 Å². The van der Waals surface area contributed by atoms with Gasteiger partial charge in [0.05, 0.1) is 0 Å². The smallest absolute Gasteiger partial charge is 0.261 e. The zero-order valence-corrected chi connectivity index (χ0v) is 27.4. The molecule has 0 unspecified atom stereocenters. The van der Waals surface area contributed by atoms with Crippen LogP contribution in [0.25, 0.3) is 21.5 Å². The molecular weight excluding hydrogens is 594 g/mol. The number of rotatable bonds is 14. The number of likely N-dealkylation sites (N-methyl/N-ethyl adjacent to an activating group) is 2. The number of anilines is 2. The molecule has 3 N–H and O–H groups in total. The van der Waals surface area contributed by atoms with E-state index < -0.39 is 0 Å². The van der Waals surface area contributed by atoms with Gasteiger partial charge in [0.25, 0.3) is 23.6 Å². The summed E-state index contributed by atoms with van der Waals surface area (Å²) in [6.07, 6.45) is 0. The highest BCUT2D eigenvalue weighted by atomic mass is 16.2. The lowest BCUT2D eigenvalue weighted by atomic mass is 9.93. The number of amides is 4. The van der Waals surface area contributed by atoms with Crippen LogP contribution in [0.4, 0.5) is 11.4 Å². The van der Waals surface area contributed by atoms with Crippen molar-refractivity contribution in [3.8, 4) is 0 Å². The van der Waals surface area contributed by atoms with Crippen molar-refractivity contribution in [3.63, 3.8) is 0 Å². The highest BCUT2D eigenvalue weighted by Crippen LogP contribution is 2.35. The second-order valence-corrected chi connectivity index (χ2v) is 12.5. The normalized spacial score (nSPS) is 14.3. The lowest BCUT2D eigenvalue weighted by molar-refractivity contribution is 0.0607. The van der Waals surface area contributed by atoms with Crippen LogP contribution >= 0.6 is 0 Å². The quantitative estimate of drug-likeness (QED) is 0.142. The topological polar surface area (TPSA) is 117 Å². The Balaban J connectivity index is 1.08. The van der Waals surface area contributed by atoms with Gasteiger partial charge in [0, 0.05) is 108 Å². The van der Waals surface area contributed by atoms with Gasteiger partial charge in [-0.1, -0.05) is 24.3 Å². The van der Waals surface area contributed by atoms with Crippen LogP contribution in [-0.2, 0) is 0 Å². The summed E-state index contributed by atoms with van der Waals surface area (Å²) in [6.45, 7) is 4.11. The Labute approximate surface area is 274 Å². The first-order valence-corrected chi connectivity index (χ1v) is 16.0. The maximum absolute atomic E-state index is 13.5. The lowest BCUT2D eigenvalue weighted by Gasteiger charge is -2.29. The Bertz CT molecular complexity index is 1710. The summed E-state index contributed by atoms with van der Waals surface area (Å²) in [5.74, 6) is -1.33. The number of carbonyl (C=O) groups is 4. The number of carbonyl (C=O) groups excluding carboxylic acids is 4. The van der Waals surface area contributed by atoms with E-state index in [1.807, 2.05) is 64.6 Å². The van der Waals surface area contributed by atoms with Gasteiger partial charge in [-0.15, -0.1) is 0 Å². The molecule has 2 aliphatic heterocycles. The Kier molecular flexibility index (Phi) is 9.21. The predicted molar refractivity (Wildman–Crippen MR) is 186 cm³/mol. The first kappa shape index (κ1) is 32.1. The molecule has 0 saturated carbocycles. The van der Waals surface area contributed by atoms with Crippen molar-refractivity contribution in [1.82, 2.24) is 24.9 Å². The maximum atomic E-state index is 13.5. The molecule has 0 saturated heterocycles. The van der Waals surface area contributed by atoms with Crippen LogP contribution in [0.3, 0.4) is 0 Å². The molecular formula is C36H41N7O4. The minimum absolute atomic E-state index is 0.157. The molecule has 0 fully saturated rings. The molecule has 47 heavy (non-hydrogen) atoms. The molecule has 0 aliphatic carbocycles. The summed E-state index contributed by atoms with van der Waals surface area (Å²) in [4.78, 5) is 60.7. The summed E-state index contributed by atoms with van der Waals surface area (Å²) in [5.41, 5.74) is 3.79. The van der Waals surface area contributed by atoms with E-state index in [2.05, 4.69) is 25.8 Å². The highest BCUT2D eigenvalue weighted by molar-refractivity contribution is 6.27. The van der Waals surface area contributed by atoms with Crippen LogP contribution in [0, 0.1) is 0 Å². The number of nitrogens with zero attached hydrogens (tertiary/aromatic N) is 4. The van der Waals surface area contributed by atoms with Gasteiger partial charge < -0.3 is 25.8 Å². The third-order valence-electron chi connectivity index (χ3n) is 8.76. The Morgan fingerprint density at radius 2 is 0.894 bits per heavy atom. The Hall–Kier alpha value is -4.84. The van der Waals surface area contributed by atoms with Crippen LogP contribution in [0.1, 0.15) is 41.4 Å². The van der Waals surface area contributed by atoms with Gasteiger partial charge in [-0.3, -0.25) is 29.0 Å². The van der Waals surface area contributed by atoms with Crippen molar-refractivity contribution in [2.24, 2.45) is 0 Å². The number of benzene rings is 4. The van der Waals surface area contributed by atoms with E-state index in [-0.39, 0.29) is 36.7 Å². The van der Waals surface area contributed by atoms with Gasteiger partial charge >= 0.3 is 0 Å². The fraction of sp³-hybridized carbons (Fsp3) is 0.333.